The van der Waals surface area contributed by atoms with Crippen LogP contribution in [-0.2, 0) is 0 Å². The maximum Gasteiger partial charge on any atom is 0.390 e. The van der Waals surface area contributed by atoms with E-state index in [0.29, 0.717) is 11.9 Å². The Balaban J connectivity index is 0.00000361. The molecule has 0 aromatic carbocycles. The van der Waals surface area contributed by atoms with Gasteiger partial charge in [0.15, 0.2) is 5.96 Å². The second-order valence-electron chi connectivity index (χ2n) is 4.99. The number of piperidine rings is 1. The summed E-state index contributed by atoms with van der Waals surface area (Å²) in [6.45, 7) is 2.77. The van der Waals surface area contributed by atoms with E-state index in [1.54, 1.807) is 7.05 Å². The fraction of sp³-hybridized carbons (Fsp3) is 0.917. The van der Waals surface area contributed by atoms with Crippen molar-refractivity contribution in [2.75, 3.05) is 40.3 Å². The van der Waals surface area contributed by atoms with E-state index < -0.39 is 12.6 Å². The molecule has 2 N–H and O–H groups in total. The largest absolute Gasteiger partial charge is 0.390 e. The molecule has 1 heterocycles. The van der Waals surface area contributed by atoms with Crippen molar-refractivity contribution >= 4 is 29.9 Å². The Morgan fingerprint density at radius 3 is 2.35 bits per heavy atom. The zero-order valence-corrected chi connectivity index (χ0v) is 14.3. The fourth-order valence-corrected chi connectivity index (χ4v) is 2.05. The highest BCUT2D eigenvalue weighted by molar-refractivity contribution is 14.0. The van der Waals surface area contributed by atoms with Gasteiger partial charge in [-0.1, -0.05) is 0 Å². The van der Waals surface area contributed by atoms with Crippen molar-refractivity contribution in [3.05, 3.63) is 0 Å². The van der Waals surface area contributed by atoms with Gasteiger partial charge in [-0.3, -0.25) is 4.99 Å². The summed E-state index contributed by atoms with van der Waals surface area (Å²) in [7, 11) is 3.67. The first-order valence-corrected chi connectivity index (χ1v) is 6.60. The number of guanidine groups is 1. The molecule has 0 saturated carbocycles. The summed E-state index contributed by atoms with van der Waals surface area (Å²) in [5.74, 6) is 1.01. The third kappa shape index (κ3) is 8.83. The minimum absolute atomic E-state index is 0. The van der Waals surface area contributed by atoms with Crippen LogP contribution >= 0.6 is 24.0 Å². The van der Waals surface area contributed by atoms with Gasteiger partial charge in [-0.2, -0.15) is 13.2 Å². The Kier molecular flexibility index (Phi) is 9.52. The normalized spacial score (nSPS) is 18.6. The van der Waals surface area contributed by atoms with E-state index in [2.05, 4.69) is 27.6 Å². The summed E-state index contributed by atoms with van der Waals surface area (Å²) in [5.41, 5.74) is 0. The SMILES string of the molecule is CN=C(NCCC(F)(F)F)NCC1CCN(C)CC1.I. The van der Waals surface area contributed by atoms with E-state index in [4.69, 9.17) is 0 Å². The maximum absolute atomic E-state index is 12.0. The lowest BCUT2D eigenvalue weighted by molar-refractivity contribution is -0.132. The van der Waals surface area contributed by atoms with Crippen molar-refractivity contribution in [1.29, 1.82) is 0 Å². The molecule has 0 aliphatic carbocycles. The predicted octanol–water partition coefficient (Wildman–Crippen LogP) is 2.06. The van der Waals surface area contributed by atoms with Crippen LogP contribution in [-0.4, -0.2) is 57.3 Å². The highest BCUT2D eigenvalue weighted by atomic mass is 127. The molecule has 1 aliphatic rings. The van der Waals surface area contributed by atoms with Crippen molar-refractivity contribution in [2.45, 2.75) is 25.4 Å². The van der Waals surface area contributed by atoms with Gasteiger partial charge in [-0.25, -0.2) is 0 Å². The quantitative estimate of drug-likeness (QED) is 0.425. The molecule has 20 heavy (non-hydrogen) atoms. The Morgan fingerprint density at radius 2 is 1.85 bits per heavy atom. The van der Waals surface area contributed by atoms with Gasteiger partial charge in [0, 0.05) is 20.1 Å². The smallest absolute Gasteiger partial charge is 0.356 e. The lowest BCUT2D eigenvalue weighted by Gasteiger charge is -2.29. The molecule has 120 valence electrons. The highest BCUT2D eigenvalue weighted by Gasteiger charge is 2.26. The summed E-state index contributed by atoms with van der Waals surface area (Å²) in [6.07, 6.45) is -2.74. The maximum atomic E-state index is 12.0. The lowest BCUT2D eigenvalue weighted by atomic mass is 9.97. The average molecular weight is 408 g/mol. The molecule has 0 unspecified atom stereocenters. The Labute approximate surface area is 135 Å². The molecular formula is C12H24F3IN4. The minimum Gasteiger partial charge on any atom is -0.356 e. The first-order valence-electron chi connectivity index (χ1n) is 6.60. The van der Waals surface area contributed by atoms with Gasteiger partial charge < -0.3 is 15.5 Å². The van der Waals surface area contributed by atoms with E-state index in [9.17, 15) is 13.2 Å². The predicted molar refractivity (Wildman–Crippen MR) is 85.7 cm³/mol. The van der Waals surface area contributed by atoms with Crippen molar-refractivity contribution in [1.82, 2.24) is 15.5 Å². The molecule has 1 fully saturated rings. The van der Waals surface area contributed by atoms with Crippen LogP contribution in [0, 0.1) is 5.92 Å². The van der Waals surface area contributed by atoms with E-state index in [0.717, 1.165) is 32.5 Å². The number of hydrogen-bond acceptors (Lipinski definition) is 2. The number of halogens is 4. The van der Waals surface area contributed by atoms with Crippen molar-refractivity contribution < 1.29 is 13.2 Å². The molecular weight excluding hydrogens is 384 g/mol. The number of nitrogens with one attached hydrogen (secondary N) is 2. The van der Waals surface area contributed by atoms with Crippen LogP contribution in [0.25, 0.3) is 0 Å². The number of alkyl halides is 3. The molecule has 0 amide bonds. The topological polar surface area (TPSA) is 39.7 Å². The number of nitrogens with zero attached hydrogens (tertiary/aromatic N) is 2. The van der Waals surface area contributed by atoms with E-state index in [-0.39, 0.29) is 30.5 Å². The van der Waals surface area contributed by atoms with Crippen LogP contribution in [0.3, 0.4) is 0 Å². The zero-order valence-electron chi connectivity index (χ0n) is 12.0. The van der Waals surface area contributed by atoms with Crippen LogP contribution in [0.15, 0.2) is 4.99 Å². The van der Waals surface area contributed by atoms with Gasteiger partial charge in [0.2, 0.25) is 0 Å². The molecule has 4 nitrogen and oxygen atoms in total. The van der Waals surface area contributed by atoms with Gasteiger partial charge in [-0.05, 0) is 38.9 Å². The molecule has 0 aromatic heterocycles. The Morgan fingerprint density at radius 1 is 1.25 bits per heavy atom. The standard InChI is InChI=1S/C12H23F3N4.HI/c1-16-11(17-6-5-12(13,14)15)18-9-10-3-7-19(2)8-4-10;/h10H,3-9H2,1-2H3,(H2,16,17,18);1H. The molecule has 0 radical (unpaired) electrons. The van der Waals surface area contributed by atoms with E-state index in [1.807, 2.05) is 0 Å². The number of aliphatic imine (C=N–C) groups is 1. The second kappa shape index (κ2) is 9.64. The first-order chi connectivity index (χ1) is 8.90. The Hall–Kier alpha value is -0.250. The zero-order chi connectivity index (χ0) is 14.3. The van der Waals surface area contributed by atoms with Crippen LogP contribution < -0.4 is 10.6 Å². The summed E-state index contributed by atoms with van der Waals surface area (Å²) in [6, 6.07) is 0. The molecule has 0 atom stereocenters. The third-order valence-electron chi connectivity index (χ3n) is 3.32. The molecule has 1 rings (SSSR count). The molecule has 0 bridgehead atoms. The van der Waals surface area contributed by atoms with Gasteiger partial charge >= 0.3 is 6.18 Å². The lowest BCUT2D eigenvalue weighted by Crippen LogP contribution is -2.43. The number of likely N-dealkylation sites (tertiary alicyclic amines) is 1. The van der Waals surface area contributed by atoms with E-state index in [1.165, 1.54) is 0 Å². The van der Waals surface area contributed by atoms with Gasteiger partial charge in [0.1, 0.15) is 0 Å². The summed E-state index contributed by atoms with van der Waals surface area (Å²) >= 11 is 0. The molecule has 8 heteroatoms. The number of hydrogen-bond donors (Lipinski definition) is 2. The average Bonchev–Trinajstić information content (AvgIpc) is 2.34. The summed E-state index contributed by atoms with van der Waals surface area (Å²) in [4.78, 5) is 6.21. The molecule has 1 saturated heterocycles. The number of rotatable bonds is 4. The minimum atomic E-state index is -4.13. The van der Waals surface area contributed by atoms with Crippen LogP contribution in [0.2, 0.25) is 0 Å². The van der Waals surface area contributed by atoms with Crippen molar-refractivity contribution in [2.24, 2.45) is 10.9 Å². The van der Waals surface area contributed by atoms with Gasteiger partial charge in [-0.15, -0.1) is 24.0 Å². The van der Waals surface area contributed by atoms with Gasteiger partial charge in [0.05, 0.1) is 6.42 Å². The van der Waals surface area contributed by atoms with Crippen LogP contribution in [0.5, 0.6) is 0 Å². The van der Waals surface area contributed by atoms with E-state index >= 15 is 0 Å². The van der Waals surface area contributed by atoms with Gasteiger partial charge in [0.25, 0.3) is 0 Å². The highest BCUT2D eigenvalue weighted by Crippen LogP contribution is 2.18. The summed E-state index contributed by atoms with van der Waals surface area (Å²) < 4.78 is 36.1. The van der Waals surface area contributed by atoms with Crippen molar-refractivity contribution in [3.8, 4) is 0 Å². The van der Waals surface area contributed by atoms with Crippen LogP contribution in [0.1, 0.15) is 19.3 Å². The third-order valence-corrected chi connectivity index (χ3v) is 3.32. The second-order valence-corrected chi connectivity index (χ2v) is 4.99. The fourth-order valence-electron chi connectivity index (χ4n) is 2.05. The Bertz CT molecular complexity index is 289. The first kappa shape index (κ1) is 19.8. The summed E-state index contributed by atoms with van der Waals surface area (Å²) in [5, 5.41) is 5.78. The molecule has 0 aromatic rings. The monoisotopic (exact) mass is 408 g/mol. The van der Waals surface area contributed by atoms with Crippen LogP contribution in [0.4, 0.5) is 13.2 Å². The molecule has 1 aliphatic heterocycles. The molecule has 0 spiro atoms. The van der Waals surface area contributed by atoms with Crippen molar-refractivity contribution in [3.63, 3.8) is 0 Å².